The van der Waals surface area contributed by atoms with E-state index < -0.39 is 11.9 Å². The Balaban J connectivity index is 2.38. The van der Waals surface area contributed by atoms with Crippen LogP contribution in [0.3, 0.4) is 0 Å². The number of nitrogens with one attached hydrogen (secondary N) is 1. The second kappa shape index (κ2) is 11.3. The summed E-state index contributed by atoms with van der Waals surface area (Å²) in [4.78, 5) is 27.6. The number of halogens is 3. The van der Waals surface area contributed by atoms with Crippen LogP contribution in [0.15, 0.2) is 42.5 Å². The van der Waals surface area contributed by atoms with Crippen LogP contribution in [0.2, 0.25) is 10.0 Å². The van der Waals surface area contributed by atoms with Crippen LogP contribution in [-0.2, 0) is 22.6 Å². The summed E-state index contributed by atoms with van der Waals surface area (Å²) in [5.41, 5.74) is 0.826. The third-order valence-corrected chi connectivity index (χ3v) is 5.78. The molecule has 0 unspecified atom stereocenters. The minimum absolute atomic E-state index is 0.0287. The topological polar surface area (TPSA) is 49.4 Å². The molecule has 0 aliphatic carbocycles. The molecule has 0 spiro atoms. The molecule has 30 heavy (non-hydrogen) atoms. The molecule has 162 valence electrons. The van der Waals surface area contributed by atoms with E-state index in [1.54, 1.807) is 36.4 Å². The fourth-order valence-electron chi connectivity index (χ4n) is 3.12. The van der Waals surface area contributed by atoms with Crippen LogP contribution in [0.1, 0.15) is 44.7 Å². The number of nitrogens with zero attached hydrogens (tertiary/aromatic N) is 1. The third kappa shape index (κ3) is 6.19. The fourth-order valence-corrected chi connectivity index (χ4v) is 3.64. The number of benzene rings is 2. The van der Waals surface area contributed by atoms with Crippen molar-refractivity contribution < 1.29 is 14.0 Å². The van der Waals surface area contributed by atoms with Gasteiger partial charge in [-0.15, -0.1) is 0 Å². The average molecular weight is 453 g/mol. The molecule has 2 atom stereocenters. The van der Waals surface area contributed by atoms with E-state index in [1.165, 1.54) is 11.0 Å². The van der Waals surface area contributed by atoms with Crippen molar-refractivity contribution in [2.24, 2.45) is 0 Å². The van der Waals surface area contributed by atoms with Crippen molar-refractivity contribution in [3.63, 3.8) is 0 Å². The monoisotopic (exact) mass is 452 g/mol. The normalized spacial score (nSPS) is 12.9. The van der Waals surface area contributed by atoms with Crippen molar-refractivity contribution in [1.29, 1.82) is 0 Å². The van der Waals surface area contributed by atoms with Crippen molar-refractivity contribution in [2.75, 3.05) is 0 Å². The Morgan fingerprint density at radius 3 is 2.23 bits per heavy atom. The Hall–Kier alpha value is -2.11. The molecule has 7 heteroatoms. The summed E-state index contributed by atoms with van der Waals surface area (Å²) in [5, 5.41) is 3.75. The fraction of sp³-hybridized carbons (Fsp3) is 0.391. The largest absolute Gasteiger partial charge is 0.352 e. The molecule has 1 N–H and O–H groups in total. The van der Waals surface area contributed by atoms with E-state index in [2.05, 4.69) is 5.32 Å². The Bertz CT molecular complexity index is 871. The molecule has 0 saturated heterocycles. The van der Waals surface area contributed by atoms with Crippen LogP contribution in [0, 0.1) is 5.82 Å². The second-order valence-electron chi connectivity index (χ2n) is 7.23. The van der Waals surface area contributed by atoms with Gasteiger partial charge in [-0.3, -0.25) is 9.59 Å². The standard InChI is InChI=1S/C23H27Cl2FN2O2/c1-4-15(3)27-23(30)21(5-2)28(14-17-18(24)10-8-11-19(17)25)22(29)13-16-9-6-7-12-20(16)26/h6-12,15,21H,4-5,13-14H2,1-3H3,(H,27,30)/t15-,21-/m1/s1. The van der Waals surface area contributed by atoms with Crippen molar-refractivity contribution in [2.45, 2.75) is 58.7 Å². The first kappa shape index (κ1) is 24.2. The number of carbonyl (C=O) groups is 2. The molecular weight excluding hydrogens is 426 g/mol. The molecule has 0 aliphatic heterocycles. The SMILES string of the molecule is CC[C@@H](C)NC(=O)[C@@H](CC)N(Cc1c(Cl)cccc1Cl)C(=O)Cc1ccccc1F. The van der Waals surface area contributed by atoms with Gasteiger partial charge in [0, 0.05) is 28.2 Å². The highest BCUT2D eigenvalue weighted by atomic mass is 35.5. The minimum atomic E-state index is -0.731. The molecule has 0 bridgehead atoms. The molecule has 0 saturated carbocycles. The Morgan fingerprint density at radius 1 is 1.03 bits per heavy atom. The maximum Gasteiger partial charge on any atom is 0.243 e. The van der Waals surface area contributed by atoms with Crippen LogP contribution in [-0.4, -0.2) is 28.8 Å². The number of hydrogen-bond donors (Lipinski definition) is 1. The molecular formula is C23H27Cl2FN2O2. The summed E-state index contributed by atoms with van der Waals surface area (Å²) < 4.78 is 14.1. The summed E-state index contributed by atoms with van der Waals surface area (Å²) in [7, 11) is 0. The smallest absolute Gasteiger partial charge is 0.243 e. The second-order valence-corrected chi connectivity index (χ2v) is 8.05. The van der Waals surface area contributed by atoms with Crippen molar-refractivity contribution in [1.82, 2.24) is 10.2 Å². The van der Waals surface area contributed by atoms with Gasteiger partial charge in [-0.05, 0) is 43.5 Å². The molecule has 0 heterocycles. The molecule has 2 rings (SSSR count). The maximum atomic E-state index is 14.1. The predicted octanol–water partition coefficient (Wildman–Crippen LogP) is 5.40. The lowest BCUT2D eigenvalue weighted by Crippen LogP contribution is -2.51. The maximum absolute atomic E-state index is 14.1. The van der Waals surface area contributed by atoms with Gasteiger partial charge in [0.1, 0.15) is 11.9 Å². The number of hydrogen-bond acceptors (Lipinski definition) is 2. The van der Waals surface area contributed by atoms with E-state index >= 15 is 0 Å². The Kier molecular flexibility index (Phi) is 9.12. The summed E-state index contributed by atoms with van der Waals surface area (Å²) in [6.07, 6.45) is 0.997. The first-order valence-corrected chi connectivity index (χ1v) is 10.8. The lowest BCUT2D eigenvalue weighted by atomic mass is 10.1. The van der Waals surface area contributed by atoms with E-state index in [1.807, 2.05) is 20.8 Å². The van der Waals surface area contributed by atoms with E-state index in [0.717, 1.165) is 6.42 Å². The zero-order valence-electron chi connectivity index (χ0n) is 17.4. The average Bonchev–Trinajstić information content (AvgIpc) is 2.71. The number of carbonyl (C=O) groups excluding carboxylic acids is 2. The van der Waals surface area contributed by atoms with Crippen LogP contribution >= 0.6 is 23.2 Å². The van der Waals surface area contributed by atoms with E-state index in [0.29, 0.717) is 22.0 Å². The zero-order chi connectivity index (χ0) is 22.3. The lowest BCUT2D eigenvalue weighted by Gasteiger charge is -2.32. The highest BCUT2D eigenvalue weighted by Gasteiger charge is 2.30. The predicted molar refractivity (Wildman–Crippen MR) is 119 cm³/mol. The van der Waals surface area contributed by atoms with Gasteiger partial charge in [-0.1, -0.05) is 61.3 Å². The van der Waals surface area contributed by atoms with E-state index in [4.69, 9.17) is 23.2 Å². The van der Waals surface area contributed by atoms with Gasteiger partial charge in [-0.2, -0.15) is 0 Å². The van der Waals surface area contributed by atoms with Gasteiger partial charge in [0.15, 0.2) is 0 Å². The summed E-state index contributed by atoms with van der Waals surface area (Å²) in [6, 6.07) is 10.4. The van der Waals surface area contributed by atoms with E-state index in [-0.39, 0.29) is 36.4 Å². The molecule has 0 aromatic heterocycles. The summed E-state index contributed by atoms with van der Waals surface area (Å²) >= 11 is 12.6. The van der Waals surface area contributed by atoms with Crippen LogP contribution in [0.25, 0.3) is 0 Å². The minimum Gasteiger partial charge on any atom is -0.352 e. The van der Waals surface area contributed by atoms with Crippen molar-refractivity contribution in [3.05, 3.63) is 69.5 Å². The molecule has 0 fully saturated rings. The highest BCUT2D eigenvalue weighted by molar-refractivity contribution is 6.36. The Morgan fingerprint density at radius 2 is 1.67 bits per heavy atom. The van der Waals surface area contributed by atoms with Crippen molar-refractivity contribution in [3.8, 4) is 0 Å². The molecule has 0 aliphatic rings. The molecule has 0 radical (unpaired) electrons. The van der Waals surface area contributed by atoms with Gasteiger partial charge in [-0.25, -0.2) is 4.39 Å². The van der Waals surface area contributed by atoms with Crippen LogP contribution < -0.4 is 5.32 Å². The van der Waals surface area contributed by atoms with Crippen LogP contribution in [0.5, 0.6) is 0 Å². The van der Waals surface area contributed by atoms with Gasteiger partial charge in [0.05, 0.1) is 6.42 Å². The Labute approximate surface area is 187 Å². The van der Waals surface area contributed by atoms with E-state index in [9.17, 15) is 14.0 Å². The summed E-state index contributed by atoms with van der Waals surface area (Å²) in [6.45, 7) is 5.76. The zero-order valence-corrected chi connectivity index (χ0v) is 18.9. The molecule has 2 aromatic rings. The molecule has 2 amide bonds. The van der Waals surface area contributed by atoms with Gasteiger partial charge in [0.25, 0.3) is 0 Å². The van der Waals surface area contributed by atoms with Gasteiger partial charge < -0.3 is 10.2 Å². The highest BCUT2D eigenvalue weighted by Crippen LogP contribution is 2.27. The van der Waals surface area contributed by atoms with Crippen LogP contribution in [0.4, 0.5) is 4.39 Å². The molecule has 2 aromatic carbocycles. The first-order valence-electron chi connectivity index (χ1n) is 10.0. The molecule has 4 nitrogen and oxygen atoms in total. The van der Waals surface area contributed by atoms with Gasteiger partial charge >= 0.3 is 0 Å². The van der Waals surface area contributed by atoms with Gasteiger partial charge in [0.2, 0.25) is 11.8 Å². The lowest BCUT2D eigenvalue weighted by molar-refractivity contribution is -0.141. The summed E-state index contributed by atoms with van der Waals surface area (Å²) in [5.74, 6) is -1.09. The number of rotatable bonds is 9. The quantitative estimate of drug-likeness (QED) is 0.553. The third-order valence-electron chi connectivity index (χ3n) is 5.08. The first-order chi connectivity index (χ1) is 14.3. The number of amides is 2. The van der Waals surface area contributed by atoms with Crippen molar-refractivity contribution >= 4 is 35.0 Å².